The summed E-state index contributed by atoms with van der Waals surface area (Å²) in [5, 5.41) is 2.06. The van der Waals surface area contributed by atoms with Gasteiger partial charge in [-0.15, -0.1) is 0 Å². The van der Waals surface area contributed by atoms with Crippen molar-refractivity contribution in [2.75, 3.05) is 5.43 Å². The molecule has 0 radical (unpaired) electrons. The van der Waals surface area contributed by atoms with Crippen LogP contribution in [0.5, 0.6) is 0 Å². The van der Waals surface area contributed by atoms with Gasteiger partial charge < -0.3 is 5.43 Å². The van der Waals surface area contributed by atoms with Crippen molar-refractivity contribution in [1.29, 1.82) is 0 Å². The summed E-state index contributed by atoms with van der Waals surface area (Å²) in [6.45, 7) is 2.04. The predicted molar refractivity (Wildman–Crippen MR) is 69.0 cm³/mol. The van der Waals surface area contributed by atoms with Gasteiger partial charge in [0.15, 0.2) is 0 Å². The molecular formula is C11H11Cl2N3. The van der Waals surface area contributed by atoms with E-state index in [-0.39, 0.29) is 0 Å². The highest BCUT2D eigenvalue weighted by molar-refractivity contribution is 6.38. The van der Waals surface area contributed by atoms with Gasteiger partial charge in [-0.25, -0.2) is 10.8 Å². The second-order valence-electron chi connectivity index (χ2n) is 3.45. The highest BCUT2D eigenvalue weighted by Crippen LogP contribution is 2.29. The minimum absolute atomic E-state index is 0.567. The molecule has 16 heavy (non-hydrogen) atoms. The summed E-state index contributed by atoms with van der Waals surface area (Å²) in [4.78, 5) is 4.38. The number of nitrogens with one attached hydrogen (secondary N) is 1. The van der Waals surface area contributed by atoms with Crippen LogP contribution in [0.25, 0.3) is 10.9 Å². The summed E-state index contributed by atoms with van der Waals surface area (Å²) in [7, 11) is 0. The molecule has 0 amide bonds. The monoisotopic (exact) mass is 255 g/mol. The average Bonchev–Trinajstić information content (AvgIpc) is 2.27. The first-order chi connectivity index (χ1) is 7.65. The van der Waals surface area contributed by atoms with Crippen molar-refractivity contribution in [2.45, 2.75) is 13.3 Å². The Hall–Kier alpha value is -1.03. The van der Waals surface area contributed by atoms with Gasteiger partial charge in [-0.05, 0) is 30.2 Å². The van der Waals surface area contributed by atoms with Crippen molar-refractivity contribution >= 4 is 39.9 Å². The number of hydrogen-bond acceptors (Lipinski definition) is 3. The predicted octanol–water partition coefficient (Wildman–Crippen LogP) is 3.39. The second-order valence-corrected chi connectivity index (χ2v) is 4.29. The third-order valence-electron chi connectivity index (χ3n) is 2.45. The van der Waals surface area contributed by atoms with Crippen LogP contribution >= 0.6 is 23.2 Å². The van der Waals surface area contributed by atoms with Gasteiger partial charge in [-0.3, -0.25) is 0 Å². The van der Waals surface area contributed by atoms with Gasteiger partial charge in [0.1, 0.15) is 5.82 Å². The Balaban J connectivity index is 2.78. The number of hydrazine groups is 1. The molecule has 0 spiro atoms. The Bertz CT molecular complexity index is 540. The Morgan fingerprint density at radius 1 is 1.31 bits per heavy atom. The summed E-state index contributed by atoms with van der Waals surface area (Å²) < 4.78 is 0. The molecule has 0 bridgehead atoms. The molecule has 1 aromatic heterocycles. The van der Waals surface area contributed by atoms with Crippen molar-refractivity contribution in [3.8, 4) is 0 Å². The first kappa shape index (κ1) is 11.5. The molecule has 0 aliphatic carbocycles. The molecule has 2 rings (SSSR count). The highest BCUT2D eigenvalue weighted by atomic mass is 35.5. The number of anilines is 1. The van der Waals surface area contributed by atoms with E-state index >= 15 is 0 Å². The van der Waals surface area contributed by atoms with Crippen molar-refractivity contribution in [3.63, 3.8) is 0 Å². The summed E-state index contributed by atoms with van der Waals surface area (Å²) in [5.41, 5.74) is 4.35. The van der Waals surface area contributed by atoms with Crippen LogP contribution in [0.3, 0.4) is 0 Å². The number of fused-ring (bicyclic) bond motifs is 1. The molecule has 5 heteroatoms. The van der Waals surface area contributed by atoms with E-state index in [9.17, 15) is 0 Å². The smallest absolute Gasteiger partial charge is 0.143 e. The van der Waals surface area contributed by atoms with Gasteiger partial charge in [0.2, 0.25) is 0 Å². The SMILES string of the molecule is CCc1cc2c(Cl)cc(Cl)cc2nc1NN. The molecule has 0 saturated carbocycles. The number of benzene rings is 1. The van der Waals surface area contributed by atoms with Crippen LogP contribution in [0, 0.1) is 0 Å². The van der Waals surface area contributed by atoms with Gasteiger partial charge in [0.25, 0.3) is 0 Å². The van der Waals surface area contributed by atoms with Gasteiger partial charge in [0.05, 0.1) is 10.5 Å². The molecule has 3 N–H and O–H groups in total. The number of nitrogens with zero attached hydrogens (tertiary/aromatic N) is 1. The molecule has 84 valence electrons. The molecule has 0 saturated heterocycles. The number of aromatic nitrogens is 1. The maximum atomic E-state index is 6.11. The lowest BCUT2D eigenvalue weighted by molar-refractivity contribution is 1.10. The summed E-state index contributed by atoms with van der Waals surface area (Å²) in [5.74, 6) is 6.08. The minimum atomic E-state index is 0.567. The fourth-order valence-corrected chi connectivity index (χ4v) is 2.17. The Kier molecular flexibility index (Phi) is 3.19. The molecule has 3 nitrogen and oxygen atoms in total. The molecule has 0 atom stereocenters. The number of hydrogen-bond donors (Lipinski definition) is 2. The van der Waals surface area contributed by atoms with E-state index in [2.05, 4.69) is 10.4 Å². The topological polar surface area (TPSA) is 50.9 Å². The van der Waals surface area contributed by atoms with E-state index in [1.807, 2.05) is 13.0 Å². The fraction of sp³-hybridized carbons (Fsp3) is 0.182. The molecule has 1 heterocycles. The third-order valence-corrected chi connectivity index (χ3v) is 2.98. The standard InChI is InChI=1S/C11H11Cl2N3/c1-2-6-3-8-9(13)4-7(12)5-10(8)15-11(6)16-14/h3-5H,2,14H2,1H3,(H,15,16). The van der Waals surface area contributed by atoms with Crippen LogP contribution in [-0.4, -0.2) is 4.98 Å². The van der Waals surface area contributed by atoms with Gasteiger partial charge >= 0.3 is 0 Å². The van der Waals surface area contributed by atoms with Crippen molar-refractivity contribution < 1.29 is 0 Å². The lowest BCUT2D eigenvalue weighted by Gasteiger charge is -2.09. The van der Waals surface area contributed by atoms with Crippen LogP contribution in [0.4, 0.5) is 5.82 Å². The molecule has 0 fully saturated rings. The van der Waals surface area contributed by atoms with Gasteiger partial charge in [-0.1, -0.05) is 30.1 Å². The Morgan fingerprint density at radius 3 is 2.69 bits per heavy atom. The number of nitrogens with two attached hydrogens (primary N) is 1. The van der Waals surface area contributed by atoms with Crippen LogP contribution in [-0.2, 0) is 6.42 Å². The third kappa shape index (κ3) is 1.94. The maximum Gasteiger partial charge on any atom is 0.143 e. The van der Waals surface area contributed by atoms with Crippen LogP contribution in [0.1, 0.15) is 12.5 Å². The zero-order valence-electron chi connectivity index (χ0n) is 8.72. The average molecular weight is 256 g/mol. The fourth-order valence-electron chi connectivity index (χ4n) is 1.64. The number of nitrogen functional groups attached to an aromatic ring is 1. The van der Waals surface area contributed by atoms with E-state index in [1.165, 1.54) is 0 Å². The number of pyridine rings is 1. The van der Waals surface area contributed by atoms with Crippen molar-refractivity contribution in [1.82, 2.24) is 4.98 Å². The molecule has 0 unspecified atom stereocenters. The number of aryl methyl sites for hydroxylation is 1. The minimum Gasteiger partial charge on any atom is -0.308 e. The second kappa shape index (κ2) is 4.45. The van der Waals surface area contributed by atoms with Gasteiger partial charge in [0, 0.05) is 10.4 Å². The van der Waals surface area contributed by atoms with E-state index in [1.54, 1.807) is 12.1 Å². The lowest BCUT2D eigenvalue weighted by atomic mass is 10.1. The van der Waals surface area contributed by atoms with E-state index < -0.39 is 0 Å². The zero-order valence-corrected chi connectivity index (χ0v) is 10.2. The van der Waals surface area contributed by atoms with Crippen molar-refractivity contribution in [3.05, 3.63) is 33.8 Å². The summed E-state index contributed by atoms with van der Waals surface area (Å²) in [6.07, 6.45) is 0.835. The quantitative estimate of drug-likeness (QED) is 0.639. The number of halogens is 2. The molecule has 2 aromatic rings. The lowest BCUT2D eigenvalue weighted by Crippen LogP contribution is -2.11. The molecule has 0 aliphatic rings. The van der Waals surface area contributed by atoms with Crippen LogP contribution in [0.2, 0.25) is 10.0 Å². The normalized spacial score (nSPS) is 10.8. The van der Waals surface area contributed by atoms with Crippen molar-refractivity contribution in [2.24, 2.45) is 5.84 Å². The maximum absolute atomic E-state index is 6.11. The highest BCUT2D eigenvalue weighted by Gasteiger charge is 2.08. The van der Waals surface area contributed by atoms with E-state index in [4.69, 9.17) is 29.0 Å². The Labute approximate surface area is 104 Å². The van der Waals surface area contributed by atoms with Crippen LogP contribution < -0.4 is 11.3 Å². The number of rotatable bonds is 2. The van der Waals surface area contributed by atoms with Crippen LogP contribution in [0.15, 0.2) is 18.2 Å². The molecular weight excluding hydrogens is 245 g/mol. The first-order valence-electron chi connectivity index (χ1n) is 4.91. The largest absolute Gasteiger partial charge is 0.308 e. The zero-order chi connectivity index (χ0) is 11.7. The van der Waals surface area contributed by atoms with E-state index in [0.717, 1.165) is 22.9 Å². The molecule has 0 aliphatic heterocycles. The Morgan fingerprint density at radius 2 is 2.06 bits per heavy atom. The molecule has 1 aromatic carbocycles. The first-order valence-corrected chi connectivity index (χ1v) is 5.66. The van der Waals surface area contributed by atoms with E-state index in [0.29, 0.717) is 15.9 Å². The summed E-state index contributed by atoms with van der Waals surface area (Å²) in [6, 6.07) is 5.46. The van der Waals surface area contributed by atoms with Gasteiger partial charge in [-0.2, -0.15) is 0 Å². The summed E-state index contributed by atoms with van der Waals surface area (Å²) >= 11 is 12.0.